The van der Waals surface area contributed by atoms with E-state index in [0.29, 0.717) is 11.6 Å². The summed E-state index contributed by atoms with van der Waals surface area (Å²) in [4.78, 5) is 4.61. The lowest BCUT2D eigenvalue weighted by molar-refractivity contribution is 0.482. The van der Waals surface area contributed by atoms with Crippen molar-refractivity contribution in [1.82, 2.24) is 9.55 Å². The first-order valence-electron chi connectivity index (χ1n) is 8.57. The monoisotopic (exact) mass is 378 g/mol. The summed E-state index contributed by atoms with van der Waals surface area (Å²) in [5, 5.41) is 4.06. The third kappa shape index (κ3) is 3.83. The molecule has 3 N–H and O–H groups in total. The van der Waals surface area contributed by atoms with Crippen LogP contribution in [-0.2, 0) is 13.6 Å². The second-order valence-corrected chi connectivity index (χ2v) is 6.73. The van der Waals surface area contributed by atoms with Crippen molar-refractivity contribution in [3.05, 3.63) is 77.3 Å². The Morgan fingerprint density at radius 3 is 2.37 bits per heavy atom. The molecule has 5 nitrogen and oxygen atoms in total. The summed E-state index contributed by atoms with van der Waals surface area (Å²) in [6, 6.07) is 21.0. The zero-order valence-corrected chi connectivity index (χ0v) is 15.6. The number of anilines is 2. The zero-order chi connectivity index (χ0) is 18.8. The highest BCUT2D eigenvalue weighted by Gasteiger charge is 2.07. The number of nitrogens with zero attached hydrogens (tertiary/aromatic N) is 2. The van der Waals surface area contributed by atoms with Crippen molar-refractivity contribution < 1.29 is 4.74 Å². The van der Waals surface area contributed by atoms with Crippen LogP contribution in [-0.4, -0.2) is 9.55 Å². The van der Waals surface area contributed by atoms with E-state index in [-0.39, 0.29) is 0 Å². The Labute approximate surface area is 162 Å². The smallest absolute Gasteiger partial charge is 0.203 e. The summed E-state index contributed by atoms with van der Waals surface area (Å²) in [5.74, 6) is 2.33. The summed E-state index contributed by atoms with van der Waals surface area (Å²) in [6.07, 6.45) is 0. The Hall–Kier alpha value is -3.18. The Balaban J connectivity index is 1.43. The molecule has 0 saturated carbocycles. The normalized spacial score (nSPS) is 10.9. The average molecular weight is 379 g/mol. The lowest BCUT2D eigenvalue weighted by Crippen LogP contribution is -2.04. The Morgan fingerprint density at radius 1 is 1.00 bits per heavy atom. The molecule has 136 valence electrons. The number of ether oxygens (including phenoxy) is 1. The van der Waals surface area contributed by atoms with Gasteiger partial charge in [0.05, 0.1) is 11.0 Å². The Morgan fingerprint density at radius 2 is 1.67 bits per heavy atom. The number of aryl methyl sites for hydroxylation is 1. The number of nitrogens with one attached hydrogen (secondary N) is 1. The number of aromatic nitrogens is 2. The van der Waals surface area contributed by atoms with E-state index in [1.807, 2.05) is 66.2 Å². The van der Waals surface area contributed by atoms with Gasteiger partial charge in [0.25, 0.3) is 0 Å². The fraction of sp³-hybridized carbons (Fsp3) is 0.0952. The minimum atomic E-state index is 0.661. The van der Waals surface area contributed by atoms with Crippen molar-refractivity contribution in [2.24, 2.45) is 7.05 Å². The van der Waals surface area contributed by atoms with Gasteiger partial charge in [0.1, 0.15) is 11.5 Å². The predicted molar refractivity (Wildman–Crippen MR) is 110 cm³/mol. The number of fused-ring (bicyclic) bond motifs is 1. The van der Waals surface area contributed by atoms with Crippen LogP contribution < -0.4 is 15.8 Å². The molecule has 4 aromatic rings. The van der Waals surface area contributed by atoms with Crippen LogP contribution in [0.3, 0.4) is 0 Å². The number of rotatable bonds is 5. The fourth-order valence-corrected chi connectivity index (χ4v) is 2.99. The second-order valence-electron chi connectivity index (χ2n) is 6.30. The minimum Gasteiger partial charge on any atom is -0.457 e. The van der Waals surface area contributed by atoms with Crippen molar-refractivity contribution in [1.29, 1.82) is 0 Å². The van der Waals surface area contributed by atoms with Gasteiger partial charge in [0.15, 0.2) is 0 Å². The van der Waals surface area contributed by atoms with Gasteiger partial charge in [-0.05, 0) is 60.2 Å². The van der Waals surface area contributed by atoms with Gasteiger partial charge in [-0.1, -0.05) is 23.7 Å². The van der Waals surface area contributed by atoms with Crippen molar-refractivity contribution in [3.63, 3.8) is 0 Å². The first-order chi connectivity index (χ1) is 13.1. The number of nitrogen functional groups attached to an aromatic ring is 1. The van der Waals surface area contributed by atoms with Gasteiger partial charge < -0.3 is 20.4 Å². The molecule has 0 unspecified atom stereocenters. The third-order valence-corrected chi connectivity index (χ3v) is 4.58. The number of benzene rings is 3. The van der Waals surface area contributed by atoms with E-state index in [1.54, 1.807) is 12.1 Å². The van der Waals surface area contributed by atoms with E-state index in [0.717, 1.165) is 39.7 Å². The number of nitrogens with two attached hydrogens (primary N) is 1. The van der Waals surface area contributed by atoms with Gasteiger partial charge in [-0.3, -0.25) is 0 Å². The van der Waals surface area contributed by atoms with Crippen molar-refractivity contribution in [2.45, 2.75) is 6.54 Å². The molecule has 0 radical (unpaired) electrons. The van der Waals surface area contributed by atoms with E-state index in [1.165, 1.54) is 0 Å². The largest absolute Gasteiger partial charge is 0.457 e. The minimum absolute atomic E-state index is 0.661. The molecular weight excluding hydrogens is 360 g/mol. The second kappa shape index (κ2) is 7.21. The molecule has 3 aromatic carbocycles. The van der Waals surface area contributed by atoms with Gasteiger partial charge in [-0.2, -0.15) is 0 Å². The molecule has 0 aliphatic heterocycles. The van der Waals surface area contributed by atoms with Gasteiger partial charge in [0.2, 0.25) is 5.95 Å². The van der Waals surface area contributed by atoms with Crippen LogP contribution in [0.2, 0.25) is 5.02 Å². The van der Waals surface area contributed by atoms with Crippen molar-refractivity contribution >= 4 is 34.3 Å². The zero-order valence-electron chi connectivity index (χ0n) is 14.8. The SMILES string of the molecule is Cn1c(NCc2ccc(Oc3ccc(Cl)cc3)cc2)nc2ccc(N)cc21. The van der Waals surface area contributed by atoms with Crippen LogP contribution in [0.1, 0.15) is 5.56 Å². The molecule has 0 spiro atoms. The van der Waals surface area contributed by atoms with Crippen LogP contribution in [0.25, 0.3) is 11.0 Å². The molecule has 0 saturated heterocycles. The van der Waals surface area contributed by atoms with Gasteiger partial charge in [-0.25, -0.2) is 4.98 Å². The van der Waals surface area contributed by atoms with Crippen LogP contribution in [0, 0.1) is 0 Å². The molecule has 6 heteroatoms. The summed E-state index contributed by atoms with van der Waals surface area (Å²) in [7, 11) is 1.97. The highest BCUT2D eigenvalue weighted by molar-refractivity contribution is 6.30. The van der Waals surface area contributed by atoms with Crippen LogP contribution in [0.4, 0.5) is 11.6 Å². The van der Waals surface area contributed by atoms with E-state index in [4.69, 9.17) is 22.1 Å². The Bertz CT molecular complexity index is 1070. The molecule has 1 aromatic heterocycles. The average Bonchev–Trinajstić information content (AvgIpc) is 2.98. The third-order valence-electron chi connectivity index (χ3n) is 4.33. The Kier molecular flexibility index (Phi) is 4.60. The lowest BCUT2D eigenvalue weighted by Gasteiger charge is -2.09. The molecule has 0 atom stereocenters. The number of hydrogen-bond acceptors (Lipinski definition) is 4. The van der Waals surface area contributed by atoms with Gasteiger partial charge >= 0.3 is 0 Å². The predicted octanol–water partition coefficient (Wildman–Crippen LogP) is 5.21. The van der Waals surface area contributed by atoms with Gasteiger partial charge in [-0.15, -0.1) is 0 Å². The highest BCUT2D eigenvalue weighted by Crippen LogP contribution is 2.24. The summed E-state index contributed by atoms with van der Waals surface area (Å²) in [6.45, 7) is 0.661. The maximum Gasteiger partial charge on any atom is 0.203 e. The van der Waals surface area contributed by atoms with E-state index in [9.17, 15) is 0 Å². The summed E-state index contributed by atoms with van der Waals surface area (Å²) in [5.41, 5.74) is 9.64. The van der Waals surface area contributed by atoms with E-state index in [2.05, 4.69) is 10.3 Å². The van der Waals surface area contributed by atoms with Crippen LogP contribution >= 0.6 is 11.6 Å². The quantitative estimate of drug-likeness (QED) is 0.468. The molecule has 0 aliphatic rings. The lowest BCUT2D eigenvalue weighted by atomic mass is 10.2. The maximum absolute atomic E-state index is 5.89. The topological polar surface area (TPSA) is 65.1 Å². The molecular formula is C21H19ClN4O. The highest BCUT2D eigenvalue weighted by atomic mass is 35.5. The molecule has 0 fully saturated rings. The van der Waals surface area contributed by atoms with E-state index < -0.39 is 0 Å². The molecule has 0 bridgehead atoms. The molecule has 1 heterocycles. The maximum atomic E-state index is 5.89. The van der Waals surface area contributed by atoms with Crippen molar-refractivity contribution in [2.75, 3.05) is 11.1 Å². The summed E-state index contributed by atoms with van der Waals surface area (Å²) < 4.78 is 7.82. The summed E-state index contributed by atoms with van der Waals surface area (Å²) >= 11 is 5.89. The van der Waals surface area contributed by atoms with Crippen LogP contribution in [0.5, 0.6) is 11.5 Å². The molecule has 27 heavy (non-hydrogen) atoms. The molecule has 4 rings (SSSR count). The van der Waals surface area contributed by atoms with Crippen LogP contribution in [0.15, 0.2) is 66.7 Å². The number of imidazole rings is 1. The first-order valence-corrected chi connectivity index (χ1v) is 8.94. The number of halogens is 1. The molecule has 0 aliphatic carbocycles. The van der Waals surface area contributed by atoms with E-state index >= 15 is 0 Å². The van der Waals surface area contributed by atoms with Crippen molar-refractivity contribution in [3.8, 4) is 11.5 Å². The van der Waals surface area contributed by atoms with Gasteiger partial charge in [0, 0.05) is 24.3 Å². The molecule has 0 amide bonds. The number of hydrogen-bond donors (Lipinski definition) is 2. The fourth-order valence-electron chi connectivity index (χ4n) is 2.86. The standard InChI is InChI=1S/C21H19ClN4O/c1-26-20-12-16(23)6-11-19(20)25-21(26)24-13-14-2-7-17(8-3-14)27-18-9-4-15(22)5-10-18/h2-12H,13,23H2,1H3,(H,24,25). The first kappa shape index (κ1) is 17.2.